The number of hydrogen-bond donors (Lipinski definition) is 3. The summed E-state index contributed by atoms with van der Waals surface area (Å²) in [5.41, 5.74) is 6.14. The number of carbonyl (C=O) groups excluding carboxylic acids is 3. The van der Waals surface area contributed by atoms with Gasteiger partial charge in [0.25, 0.3) is 11.5 Å². The van der Waals surface area contributed by atoms with E-state index in [0.717, 1.165) is 75.0 Å². The fraction of sp³-hybridized carbons (Fsp3) is 0.550. The molecule has 1 atom stereocenters. The number of nitrogens with zero attached hydrogens (tertiary/aromatic N) is 6. The third-order valence-corrected chi connectivity index (χ3v) is 15.6. The standard InChI is InChI=1S/C40H53F3N6O2.C18H24N2O3.C2H6/c1-6-14-46(15-7-2)25-29-9-18-48(19-10-29)40(51)31-21-33(41)39(34(42)22-31)30-11-16-47(17-12-30)24-27(3)20-32-28(4)45-13-8-37(32)49-26-35(43)36(44-5)23-38(49)50;1-12-3-5-15-14(9-12)18(7-8-18)16(22)10-20(15)13(2)4-6-17(23)19-11-21;1-2/h8,13,20-23,26,29-30,44H,6-7,9-12,14-19,24-25H2,1-5H3;3,5,9,13,21H,4,6-8,10-11H2,1-2H3,(H,19,23);1-2H3/b27-20+;;. The number of aliphatic hydroxyl groups excluding tert-OH is 1. The van der Waals surface area contributed by atoms with E-state index in [1.54, 1.807) is 24.2 Å². The summed E-state index contributed by atoms with van der Waals surface area (Å²) in [7, 11) is 1.56. The van der Waals surface area contributed by atoms with E-state index in [1.807, 2.05) is 40.7 Å². The van der Waals surface area contributed by atoms with Gasteiger partial charge in [0.2, 0.25) is 5.91 Å². The first-order valence-electron chi connectivity index (χ1n) is 27.7. The van der Waals surface area contributed by atoms with E-state index >= 15 is 8.78 Å². The number of ketones is 1. The lowest BCUT2D eigenvalue weighted by Gasteiger charge is -2.39. The minimum atomic E-state index is -0.647. The number of nitrogens with one attached hydrogen (secondary N) is 2. The number of Topliss-reactive ketones (excluding diaryl/α,β-unsaturated/α-hetero) is 1. The van der Waals surface area contributed by atoms with Crippen molar-refractivity contribution in [2.75, 3.05) is 82.9 Å². The highest BCUT2D eigenvalue weighted by Gasteiger charge is 2.55. The molecule has 1 saturated carbocycles. The summed E-state index contributed by atoms with van der Waals surface area (Å²) in [4.78, 5) is 63.4. The number of pyridine rings is 2. The van der Waals surface area contributed by atoms with Crippen LogP contribution in [0.5, 0.6) is 0 Å². The van der Waals surface area contributed by atoms with Crippen molar-refractivity contribution < 1.29 is 32.7 Å². The third kappa shape index (κ3) is 14.4. The van der Waals surface area contributed by atoms with Crippen LogP contribution in [0, 0.1) is 37.2 Å². The minimum Gasteiger partial charge on any atom is -0.386 e. The fourth-order valence-corrected chi connectivity index (χ4v) is 11.3. The van der Waals surface area contributed by atoms with E-state index in [1.165, 1.54) is 40.1 Å². The summed E-state index contributed by atoms with van der Waals surface area (Å²) in [5.74, 6) is -1.74. The average molecular weight is 1050 g/mol. The smallest absolute Gasteiger partial charge is 0.257 e. The van der Waals surface area contributed by atoms with Gasteiger partial charge in [-0.2, -0.15) is 0 Å². The molecule has 1 spiro atoms. The van der Waals surface area contributed by atoms with E-state index < -0.39 is 17.5 Å². The molecule has 3 N–H and O–H groups in total. The van der Waals surface area contributed by atoms with Crippen LogP contribution in [0.1, 0.15) is 150 Å². The summed E-state index contributed by atoms with van der Waals surface area (Å²) in [5, 5.41) is 13.8. The summed E-state index contributed by atoms with van der Waals surface area (Å²) in [6, 6.07) is 11.8. The van der Waals surface area contributed by atoms with Crippen molar-refractivity contribution in [1.82, 2.24) is 29.6 Å². The highest BCUT2D eigenvalue weighted by molar-refractivity contribution is 6.01. The van der Waals surface area contributed by atoms with E-state index in [2.05, 4.69) is 69.3 Å². The molecule has 2 amide bonds. The monoisotopic (exact) mass is 1050 g/mol. The van der Waals surface area contributed by atoms with Crippen LogP contribution < -0.4 is 21.1 Å². The van der Waals surface area contributed by atoms with Crippen molar-refractivity contribution >= 4 is 35.0 Å². The Bertz CT molecular complexity index is 2700. The fourth-order valence-electron chi connectivity index (χ4n) is 11.3. The van der Waals surface area contributed by atoms with Crippen LogP contribution in [0.2, 0.25) is 0 Å². The van der Waals surface area contributed by atoms with Crippen molar-refractivity contribution in [3.05, 3.63) is 122 Å². The summed E-state index contributed by atoms with van der Waals surface area (Å²) in [6.45, 7) is 22.8. The van der Waals surface area contributed by atoms with Crippen molar-refractivity contribution in [1.29, 1.82) is 0 Å². The van der Waals surface area contributed by atoms with Gasteiger partial charge in [-0.25, -0.2) is 13.2 Å². The first-order chi connectivity index (χ1) is 36.5. The van der Waals surface area contributed by atoms with E-state index in [0.29, 0.717) is 88.0 Å². The minimum absolute atomic E-state index is 0.0710. The zero-order valence-electron chi connectivity index (χ0n) is 46.5. The van der Waals surface area contributed by atoms with Crippen LogP contribution >= 0.6 is 0 Å². The van der Waals surface area contributed by atoms with Crippen molar-refractivity contribution in [3.8, 4) is 5.69 Å². The number of amides is 2. The van der Waals surface area contributed by atoms with Crippen molar-refractivity contribution in [2.24, 2.45) is 5.92 Å². The molecule has 2 aromatic carbocycles. The molecule has 414 valence electrons. The number of aliphatic hydroxyl groups is 1. The molecule has 16 heteroatoms. The Balaban J connectivity index is 0.000000311. The lowest BCUT2D eigenvalue weighted by atomic mass is 9.84. The Hall–Kier alpha value is -5.84. The molecule has 1 unspecified atom stereocenters. The summed E-state index contributed by atoms with van der Waals surface area (Å²) < 4.78 is 47.0. The number of fused-ring (bicyclic) bond motifs is 2. The maximum absolute atomic E-state index is 15.5. The van der Waals surface area contributed by atoms with Gasteiger partial charge >= 0.3 is 0 Å². The van der Waals surface area contributed by atoms with Gasteiger partial charge in [-0.3, -0.25) is 33.6 Å². The average Bonchev–Trinajstić information content (AvgIpc) is 4.22. The van der Waals surface area contributed by atoms with E-state index in [4.69, 9.17) is 5.11 Å². The summed E-state index contributed by atoms with van der Waals surface area (Å²) in [6.07, 6.45) is 12.9. The number of hydrogen-bond acceptors (Lipinski definition) is 10. The van der Waals surface area contributed by atoms with Gasteiger partial charge in [-0.15, -0.1) is 0 Å². The maximum atomic E-state index is 15.5. The molecule has 0 radical (unpaired) electrons. The number of likely N-dealkylation sites (tertiary alicyclic amines) is 2. The highest BCUT2D eigenvalue weighted by atomic mass is 19.1. The zero-order valence-corrected chi connectivity index (χ0v) is 46.5. The second kappa shape index (κ2) is 27.5. The van der Waals surface area contributed by atoms with E-state index in [-0.39, 0.29) is 58.3 Å². The van der Waals surface area contributed by atoms with Gasteiger partial charge in [0.05, 0.1) is 29.5 Å². The molecule has 5 heterocycles. The second-order valence-electron chi connectivity index (χ2n) is 21.1. The molecule has 3 aliphatic heterocycles. The zero-order chi connectivity index (χ0) is 55.3. The summed E-state index contributed by atoms with van der Waals surface area (Å²) >= 11 is 0. The predicted octanol–water partition coefficient (Wildman–Crippen LogP) is 9.93. The van der Waals surface area contributed by atoms with Crippen LogP contribution in [0.25, 0.3) is 11.8 Å². The lowest BCUT2D eigenvalue weighted by molar-refractivity contribution is -0.122. The first kappa shape index (κ1) is 59.4. The Labute approximate surface area is 448 Å². The van der Waals surface area contributed by atoms with Crippen LogP contribution in [-0.4, -0.2) is 126 Å². The topological polar surface area (TPSA) is 143 Å². The van der Waals surface area contributed by atoms with Gasteiger partial charge in [-0.05, 0) is 153 Å². The van der Waals surface area contributed by atoms with Gasteiger partial charge in [-0.1, -0.05) is 57.0 Å². The molecule has 1 aliphatic carbocycles. The molecule has 4 aliphatic rings. The molecule has 2 aromatic heterocycles. The number of rotatable bonds is 18. The van der Waals surface area contributed by atoms with Crippen molar-refractivity contribution in [3.63, 3.8) is 0 Å². The molecule has 76 heavy (non-hydrogen) atoms. The molecule has 4 aromatic rings. The third-order valence-electron chi connectivity index (χ3n) is 15.6. The highest BCUT2D eigenvalue weighted by Crippen LogP contribution is 2.55. The number of halogens is 3. The largest absolute Gasteiger partial charge is 0.386 e. The van der Waals surface area contributed by atoms with Crippen LogP contribution in [0.15, 0.2) is 65.2 Å². The quantitative estimate of drug-likeness (QED) is 0.0825. The molecule has 3 fully saturated rings. The number of aromatic nitrogens is 2. The van der Waals surface area contributed by atoms with E-state index in [9.17, 15) is 23.6 Å². The Morgan fingerprint density at radius 1 is 0.908 bits per heavy atom. The SMILES string of the molecule is CC.CCCN(CCC)CC1CCN(C(=O)c2cc(F)c(C3CCN(C/C(C)=C/c4c(-n5cc(F)c(NC)cc5=O)ccnc4C)CC3)c(F)c2)CC1.Cc1ccc2c(c1)C1(CC1)C(=O)CN2C(C)CCC(=O)NCO. The number of anilines is 2. The Kier molecular flexibility index (Phi) is 21.5. The number of benzene rings is 2. The van der Waals surface area contributed by atoms with Crippen LogP contribution in [0.3, 0.4) is 0 Å². The van der Waals surface area contributed by atoms with Gasteiger partial charge in [0, 0.05) is 86.0 Å². The first-order valence-corrected chi connectivity index (χ1v) is 27.7. The second-order valence-corrected chi connectivity index (χ2v) is 21.1. The van der Waals surface area contributed by atoms with Crippen molar-refractivity contribution in [2.45, 2.75) is 137 Å². The van der Waals surface area contributed by atoms with Gasteiger partial charge in [0.1, 0.15) is 18.4 Å². The normalized spacial score (nSPS) is 17.1. The molecule has 13 nitrogen and oxygen atoms in total. The molecule has 0 bridgehead atoms. The van der Waals surface area contributed by atoms with Crippen LogP contribution in [-0.2, 0) is 15.0 Å². The lowest BCUT2D eigenvalue weighted by Crippen LogP contribution is -2.46. The molecular formula is C60H83F3N8O5. The Morgan fingerprint density at radius 2 is 1.57 bits per heavy atom. The Morgan fingerprint density at radius 3 is 2.17 bits per heavy atom. The predicted molar refractivity (Wildman–Crippen MR) is 298 cm³/mol. The molecule has 2 saturated heterocycles. The number of piperidine rings is 2. The van der Waals surface area contributed by atoms with Gasteiger partial charge in [0.15, 0.2) is 11.6 Å². The number of aryl methyl sites for hydroxylation is 2. The maximum Gasteiger partial charge on any atom is 0.257 e. The van der Waals surface area contributed by atoms with Crippen LogP contribution in [0.4, 0.5) is 24.5 Å². The molecule has 8 rings (SSSR count). The van der Waals surface area contributed by atoms with Gasteiger partial charge < -0.3 is 30.4 Å². The molecular weight excluding hydrogens is 970 g/mol. The number of carbonyl (C=O) groups is 3.